The van der Waals surface area contributed by atoms with Crippen LogP contribution in [0.1, 0.15) is 32.1 Å². The third-order valence-electron chi connectivity index (χ3n) is 4.80. The fourth-order valence-corrected chi connectivity index (χ4v) is 3.30. The minimum Gasteiger partial charge on any atom is -0.342 e. The molecule has 0 aromatic rings. The van der Waals surface area contributed by atoms with Crippen LogP contribution in [0.2, 0.25) is 0 Å². The Hall–Kier alpha value is -0.0300. The second-order valence-corrected chi connectivity index (χ2v) is 6.24. The number of halogens is 2. The van der Waals surface area contributed by atoms with Crippen molar-refractivity contribution in [3.8, 4) is 0 Å². The van der Waals surface area contributed by atoms with Crippen molar-refractivity contribution in [2.45, 2.75) is 32.1 Å². The first-order valence-corrected chi connectivity index (χ1v) is 7.82. The molecule has 21 heavy (non-hydrogen) atoms. The Morgan fingerprint density at radius 3 is 2.14 bits per heavy atom. The quantitative estimate of drug-likeness (QED) is 0.851. The molecule has 2 rings (SSSR count). The van der Waals surface area contributed by atoms with Crippen molar-refractivity contribution in [1.29, 1.82) is 0 Å². The molecular weight excluding hydrogens is 309 g/mol. The standard InChI is InChI=1S/C15H29N3O.2ClH/c1-16-8-3-13-4-11-18(12-5-13)15(19)14-6-9-17(2)10-7-14;;/h13-14,16H,3-12H2,1-2H3;2*1H. The van der Waals surface area contributed by atoms with E-state index < -0.39 is 0 Å². The number of nitrogens with one attached hydrogen (secondary N) is 1. The summed E-state index contributed by atoms with van der Waals surface area (Å²) in [5, 5.41) is 3.22. The zero-order chi connectivity index (χ0) is 13.7. The largest absolute Gasteiger partial charge is 0.342 e. The van der Waals surface area contributed by atoms with Crippen LogP contribution in [0.5, 0.6) is 0 Å². The number of carbonyl (C=O) groups is 1. The molecule has 0 spiro atoms. The molecule has 0 saturated carbocycles. The number of amides is 1. The molecule has 0 radical (unpaired) electrons. The average Bonchev–Trinajstić information content (AvgIpc) is 2.46. The van der Waals surface area contributed by atoms with Gasteiger partial charge in [0.15, 0.2) is 0 Å². The highest BCUT2D eigenvalue weighted by Gasteiger charge is 2.29. The van der Waals surface area contributed by atoms with Crippen molar-refractivity contribution in [1.82, 2.24) is 15.1 Å². The van der Waals surface area contributed by atoms with Crippen LogP contribution in [0.4, 0.5) is 0 Å². The van der Waals surface area contributed by atoms with Crippen LogP contribution in [-0.2, 0) is 4.79 Å². The minimum absolute atomic E-state index is 0. The monoisotopic (exact) mass is 339 g/mol. The van der Waals surface area contributed by atoms with Crippen molar-refractivity contribution >= 4 is 30.7 Å². The number of hydrogen-bond donors (Lipinski definition) is 1. The second kappa shape index (κ2) is 10.7. The van der Waals surface area contributed by atoms with Crippen molar-refractivity contribution in [3.05, 3.63) is 0 Å². The molecule has 2 saturated heterocycles. The van der Waals surface area contributed by atoms with E-state index in [2.05, 4.69) is 22.2 Å². The summed E-state index contributed by atoms with van der Waals surface area (Å²) >= 11 is 0. The lowest BCUT2D eigenvalue weighted by atomic mass is 9.91. The molecule has 6 heteroatoms. The van der Waals surface area contributed by atoms with Gasteiger partial charge in [-0.15, -0.1) is 24.8 Å². The number of likely N-dealkylation sites (tertiary alicyclic amines) is 2. The summed E-state index contributed by atoms with van der Waals surface area (Å²) in [5.41, 5.74) is 0. The molecule has 2 fully saturated rings. The van der Waals surface area contributed by atoms with Gasteiger partial charge in [-0.3, -0.25) is 4.79 Å². The van der Waals surface area contributed by atoms with E-state index in [1.165, 1.54) is 19.3 Å². The van der Waals surface area contributed by atoms with Crippen molar-refractivity contribution < 1.29 is 4.79 Å². The summed E-state index contributed by atoms with van der Waals surface area (Å²) in [7, 11) is 4.16. The summed E-state index contributed by atoms with van der Waals surface area (Å²) in [4.78, 5) is 16.9. The van der Waals surface area contributed by atoms with E-state index in [-0.39, 0.29) is 24.8 Å². The molecule has 0 bridgehead atoms. The molecule has 2 heterocycles. The summed E-state index contributed by atoms with van der Waals surface area (Å²) in [5.74, 6) is 1.54. The van der Waals surface area contributed by atoms with Gasteiger partial charge in [-0.05, 0) is 71.8 Å². The highest BCUT2D eigenvalue weighted by Crippen LogP contribution is 2.24. The van der Waals surface area contributed by atoms with Gasteiger partial charge in [-0.1, -0.05) is 0 Å². The van der Waals surface area contributed by atoms with Crippen molar-refractivity contribution in [2.24, 2.45) is 11.8 Å². The molecule has 0 atom stereocenters. The third-order valence-corrected chi connectivity index (χ3v) is 4.80. The predicted molar refractivity (Wildman–Crippen MR) is 92.6 cm³/mol. The van der Waals surface area contributed by atoms with Gasteiger partial charge in [0.25, 0.3) is 0 Å². The van der Waals surface area contributed by atoms with Gasteiger partial charge in [0.1, 0.15) is 0 Å². The first-order valence-electron chi connectivity index (χ1n) is 7.82. The van der Waals surface area contributed by atoms with E-state index in [4.69, 9.17) is 0 Å². The van der Waals surface area contributed by atoms with Gasteiger partial charge >= 0.3 is 0 Å². The van der Waals surface area contributed by atoms with E-state index in [0.29, 0.717) is 11.8 Å². The lowest BCUT2D eigenvalue weighted by molar-refractivity contribution is -0.138. The molecule has 0 unspecified atom stereocenters. The van der Waals surface area contributed by atoms with Crippen LogP contribution in [0.15, 0.2) is 0 Å². The van der Waals surface area contributed by atoms with Crippen LogP contribution >= 0.6 is 24.8 Å². The van der Waals surface area contributed by atoms with Crippen LogP contribution in [0.3, 0.4) is 0 Å². The van der Waals surface area contributed by atoms with E-state index in [0.717, 1.165) is 51.5 Å². The van der Waals surface area contributed by atoms with E-state index in [1.54, 1.807) is 0 Å². The zero-order valence-corrected chi connectivity index (χ0v) is 15.0. The minimum atomic E-state index is 0. The highest BCUT2D eigenvalue weighted by molar-refractivity contribution is 5.85. The normalized spacial score (nSPS) is 21.5. The molecule has 1 amide bonds. The highest BCUT2D eigenvalue weighted by atomic mass is 35.5. The Bertz CT molecular complexity index is 289. The summed E-state index contributed by atoms with van der Waals surface area (Å²) in [6, 6.07) is 0. The summed E-state index contributed by atoms with van der Waals surface area (Å²) in [6.45, 7) is 5.23. The van der Waals surface area contributed by atoms with Gasteiger partial charge in [-0.25, -0.2) is 0 Å². The maximum atomic E-state index is 12.5. The first-order chi connectivity index (χ1) is 9.20. The van der Waals surface area contributed by atoms with Crippen LogP contribution in [0, 0.1) is 11.8 Å². The van der Waals surface area contributed by atoms with E-state index >= 15 is 0 Å². The van der Waals surface area contributed by atoms with Crippen LogP contribution in [0.25, 0.3) is 0 Å². The molecule has 4 nitrogen and oxygen atoms in total. The Balaban J connectivity index is 0.00000200. The van der Waals surface area contributed by atoms with Gasteiger partial charge in [0.2, 0.25) is 5.91 Å². The maximum absolute atomic E-state index is 12.5. The Kier molecular flexibility index (Phi) is 10.6. The SMILES string of the molecule is CNCCC1CCN(C(=O)C2CCN(C)CC2)CC1.Cl.Cl. The fourth-order valence-electron chi connectivity index (χ4n) is 3.30. The van der Waals surface area contributed by atoms with Gasteiger partial charge < -0.3 is 15.1 Å². The number of rotatable bonds is 4. The van der Waals surface area contributed by atoms with Gasteiger partial charge in [-0.2, -0.15) is 0 Å². The molecule has 0 aromatic carbocycles. The van der Waals surface area contributed by atoms with Crippen LogP contribution < -0.4 is 5.32 Å². The predicted octanol–water partition coefficient (Wildman–Crippen LogP) is 2.02. The topological polar surface area (TPSA) is 35.6 Å². The molecule has 2 aliphatic rings. The molecule has 1 N–H and O–H groups in total. The van der Waals surface area contributed by atoms with Crippen LogP contribution in [-0.4, -0.2) is 62.5 Å². The third kappa shape index (κ3) is 6.31. The molecular formula is C15H31Cl2N3O. The molecule has 0 aliphatic carbocycles. The molecule has 0 aromatic heterocycles. The number of piperidine rings is 2. The Labute approximate surface area is 141 Å². The van der Waals surface area contributed by atoms with Crippen molar-refractivity contribution in [2.75, 3.05) is 46.8 Å². The second-order valence-electron chi connectivity index (χ2n) is 6.24. The van der Waals surface area contributed by atoms with E-state index in [1.807, 2.05) is 7.05 Å². The lowest BCUT2D eigenvalue weighted by Crippen LogP contribution is -2.45. The van der Waals surface area contributed by atoms with Gasteiger partial charge in [0.05, 0.1) is 0 Å². The Morgan fingerprint density at radius 2 is 1.62 bits per heavy atom. The maximum Gasteiger partial charge on any atom is 0.225 e. The summed E-state index contributed by atoms with van der Waals surface area (Å²) in [6.07, 6.45) is 5.75. The smallest absolute Gasteiger partial charge is 0.225 e. The molecule has 126 valence electrons. The van der Waals surface area contributed by atoms with E-state index in [9.17, 15) is 4.79 Å². The lowest BCUT2D eigenvalue weighted by Gasteiger charge is -2.36. The number of carbonyl (C=O) groups excluding carboxylic acids is 1. The van der Waals surface area contributed by atoms with Crippen molar-refractivity contribution in [3.63, 3.8) is 0 Å². The average molecular weight is 340 g/mol. The zero-order valence-electron chi connectivity index (χ0n) is 13.3. The number of nitrogens with zero attached hydrogens (tertiary/aromatic N) is 2. The first kappa shape index (κ1) is 21.0. The van der Waals surface area contributed by atoms with Gasteiger partial charge in [0, 0.05) is 19.0 Å². The fraction of sp³-hybridized carbons (Fsp3) is 0.933. The number of hydrogen-bond acceptors (Lipinski definition) is 3. The Morgan fingerprint density at radius 1 is 1.05 bits per heavy atom. The summed E-state index contributed by atoms with van der Waals surface area (Å²) < 4.78 is 0. The molecule has 2 aliphatic heterocycles.